The highest BCUT2D eigenvalue weighted by Crippen LogP contribution is 2.34. The lowest BCUT2D eigenvalue weighted by atomic mass is 10.2. The van der Waals surface area contributed by atoms with E-state index < -0.39 is 0 Å². The van der Waals surface area contributed by atoms with Gasteiger partial charge >= 0.3 is 0 Å². The number of ether oxygens (including phenoxy) is 1. The molecule has 1 atom stereocenters. The Morgan fingerprint density at radius 3 is 2.59 bits per heavy atom. The third kappa shape index (κ3) is 4.94. The van der Waals surface area contributed by atoms with Gasteiger partial charge in [0.1, 0.15) is 0 Å². The van der Waals surface area contributed by atoms with Crippen molar-refractivity contribution in [3.63, 3.8) is 0 Å². The maximum absolute atomic E-state index is 5.33. The molecule has 2 aliphatic rings. The normalized spacial score (nSPS) is 22.1. The van der Waals surface area contributed by atoms with Crippen molar-refractivity contribution in [1.29, 1.82) is 0 Å². The van der Waals surface area contributed by atoms with E-state index in [2.05, 4.69) is 17.1 Å². The number of nitrogens with one attached hydrogen (secondary N) is 1. The van der Waals surface area contributed by atoms with Gasteiger partial charge in [0, 0.05) is 32.3 Å². The zero-order valence-corrected chi connectivity index (χ0v) is 11.5. The molecule has 0 spiro atoms. The fourth-order valence-corrected chi connectivity index (χ4v) is 2.45. The summed E-state index contributed by atoms with van der Waals surface area (Å²) in [6, 6.07) is 1.40. The van der Waals surface area contributed by atoms with Crippen molar-refractivity contribution in [3.05, 3.63) is 0 Å². The average molecular weight is 240 g/mol. The van der Waals surface area contributed by atoms with Crippen molar-refractivity contribution in [2.75, 3.05) is 33.4 Å². The summed E-state index contributed by atoms with van der Waals surface area (Å²) in [6.45, 7) is 6.68. The minimum Gasteiger partial charge on any atom is -0.383 e. The highest BCUT2D eigenvalue weighted by Gasteiger charge is 2.34. The quantitative estimate of drug-likeness (QED) is 0.631. The van der Waals surface area contributed by atoms with Crippen LogP contribution in [0.25, 0.3) is 0 Å². The van der Waals surface area contributed by atoms with E-state index in [1.807, 2.05) is 7.11 Å². The first-order valence-corrected chi connectivity index (χ1v) is 7.29. The molecule has 17 heavy (non-hydrogen) atoms. The van der Waals surface area contributed by atoms with Crippen LogP contribution < -0.4 is 5.32 Å². The van der Waals surface area contributed by atoms with Gasteiger partial charge in [-0.05, 0) is 44.6 Å². The summed E-state index contributed by atoms with van der Waals surface area (Å²) in [7, 11) is 1.81. The van der Waals surface area contributed by atoms with Crippen molar-refractivity contribution in [2.24, 2.45) is 5.92 Å². The Kier molecular flexibility index (Phi) is 5.26. The van der Waals surface area contributed by atoms with E-state index in [4.69, 9.17) is 4.74 Å². The smallest absolute Gasteiger partial charge is 0.0628 e. The van der Waals surface area contributed by atoms with Gasteiger partial charge in [0.15, 0.2) is 0 Å². The molecule has 0 heterocycles. The van der Waals surface area contributed by atoms with Crippen LogP contribution in [-0.2, 0) is 4.74 Å². The van der Waals surface area contributed by atoms with Crippen LogP contribution in [0.1, 0.15) is 39.0 Å². The fraction of sp³-hybridized carbons (Fsp3) is 1.00. The van der Waals surface area contributed by atoms with Crippen LogP contribution in [0.15, 0.2) is 0 Å². The molecule has 2 saturated carbocycles. The number of methoxy groups -OCH3 is 1. The molecule has 2 fully saturated rings. The third-order valence-electron chi connectivity index (χ3n) is 3.76. The van der Waals surface area contributed by atoms with E-state index in [9.17, 15) is 0 Å². The maximum atomic E-state index is 5.33. The van der Waals surface area contributed by atoms with Crippen LogP contribution in [0.5, 0.6) is 0 Å². The molecule has 2 rings (SSSR count). The van der Waals surface area contributed by atoms with Crippen LogP contribution in [-0.4, -0.2) is 50.3 Å². The van der Waals surface area contributed by atoms with Crippen molar-refractivity contribution in [2.45, 2.75) is 51.1 Å². The molecule has 0 aliphatic heterocycles. The molecular weight excluding hydrogens is 212 g/mol. The van der Waals surface area contributed by atoms with Gasteiger partial charge in [0.05, 0.1) is 6.61 Å². The molecule has 1 unspecified atom stereocenters. The zero-order chi connectivity index (χ0) is 12.1. The van der Waals surface area contributed by atoms with Gasteiger partial charge in [-0.15, -0.1) is 0 Å². The molecule has 0 amide bonds. The molecule has 0 aromatic carbocycles. The zero-order valence-electron chi connectivity index (χ0n) is 11.5. The van der Waals surface area contributed by atoms with Gasteiger partial charge < -0.3 is 10.1 Å². The van der Waals surface area contributed by atoms with Crippen molar-refractivity contribution < 1.29 is 4.74 Å². The second-order valence-electron chi connectivity index (χ2n) is 5.73. The van der Waals surface area contributed by atoms with Gasteiger partial charge in [-0.2, -0.15) is 0 Å². The van der Waals surface area contributed by atoms with Gasteiger partial charge in [0.2, 0.25) is 0 Å². The highest BCUT2D eigenvalue weighted by atomic mass is 16.5. The molecule has 0 saturated heterocycles. The standard InChI is InChI=1S/C14H28N2O/c1-3-8-15-13(11-17-2)10-16(14-6-7-14)9-12-4-5-12/h12-15H,3-11H2,1-2H3. The number of hydrogen-bond donors (Lipinski definition) is 1. The molecule has 100 valence electrons. The Morgan fingerprint density at radius 2 is 2.06 bits per heavy atom. The van der Waals surface area contributed by atoms with E-state index in [-0.39, 0.29) is 0 Å². The highest BCUT2D eigenvalue weighted by molar-refractivity contribution is 4.90. The Bertz CT molecular complexity index is 214. The molecular formula is C14H28N2O. The van der Waals surface area contributed by atoms with E-state index in [0.29, 0.717) is 6.04 Å². The molecule has 3 nitrogen and oxygen atoms in total. The first-order chi connectivity index (χ1) is 8.33. The summed E-state index contributed by atoms with van der Waals surface area (Å²) in [5.41, 5.74) is 0. The van der Waals surface area contributed by atoms with Crippen LogP contribution in [0.3, 0.4) is 0 Å². The van der Waals surface area contributed by atoms with Crippen LogP contribution in [0.2, 0.25) is 0 Å². The molecule has 0 aromatic rings. The maximum Gasteiger partial charge on any atom is 0.0628 e. The second kappa shape index (κ2) is 6.72. The van der Waals surface area contributed by atoms with E-state index in [0.717, 1.165) is 25.1 Å². The molecule has 3 heteroatoms. The van der Waals surface area contributed by atoms with E-state index in [1.54, 1.807) is 0 Å². The predicted molar refractivity (Wildman–Crippen MR) is 71.3 cm³/mol. The first kappa shape index (κ1) is 13.3. The third-order valence-corrected chi connectivity index (χ3v) is 3.76. The fourth-order valence-electron chi connectivity index (χ4n) is 2.45. The van der Waals surface area contributed by atoms with Crippen LogP contribution >= 0.6 is 0 Å². The van der Waals surface area contributed by atoms with Crippen LogP contribution in [0.4, 0.5) is 0 Å². The van der Waals surface area contributed by atoms with Gasteiger partial charge in [-0.3, -0.25) is 4.90 Å². The van der Waals surface area contributed by atoms with Gasteiger partial charge in [0.25, 0.3) is 0 Å². The van der Waals surface area contributed by atoms with Crippen molar-refractivity contribution >= 4 is 0 Å². The number of rotatable bonds is 10. The summed E-state index contributed by atoms with van der Waals surface area (Å²) in [4.78, 5) is 2.71. The molecule has 0 bridgehead atoms. The Balaban J connectivity index is 1.74. The minimum atomic E-state index is 0.513. The Hall–Kier alpha value is -0.120. The molecule has 0 aromatic heterocycles. The van der Waals surface area contributed by atoms with E-state index >= 15 is 0 Å². The van der Waals surface area contributed by atoms with Gasteiger partial charge in [-0.25, -0.2) is 0 Å². The molecule has 1 N–H and O–H groups in total. The summed E-state index contributed by atoms with van der Waals surface area (Å²) < 4.78 is 5.33. The summed E-state index contributed by atoms with van der Waals surface area (Å²) in [5, 5.41) is 3.61. The summed E-state index contributed by atoms with van der Waals surface area (Å²) >= 11 is 0. The summed E-state index contributed by atoms with van der Waals surface area (Å²) in [6.07, 6.45) is 6.95. The lowest BCUT2D eigenvalue weighted by molar-refractivity contribution is 0.133. The van der Waals surface area contributed by atoms with Crippen molar-refractivity contribution in [3.8, 4) is 0 Å². The number of hydrogen-bond acceptors (Lipinski definition) is 3. The Labute approximate surface area is 106 Å². The topological polar surface area (TPSA) is 24.5 Å². The Morgan fingerprint density at radius 1 is 1.29 bits per heavy atom. The average Bonchev–Trinajstić information content (AvgIpc) is 3.16. The second-order valence-corrected chi connectivity index (χ2v) is 5.73. The largest absolute Gasteiger partial charge is 0.383 e. The lowest BCUT2D eigenvalue weighted by Crippen LogP contribution is -2.45. The first-order valence-electron chi connectivity index (χ1n) is 7.29. The monoisotopic (exact) mass is 240 g/mol. The lowest BCUT2D eigenvalue weighted by Gasteiger charge is -2.28. The van der Waals surface area contributed by atoms with Gasteiger partial charge in [-0.1, -0.05) is 6.92 Å². The number of nitrogens with zero attached hydrogens (tertiary/aromatic N) is 1. The van der Waals surface area contributed by atoms with Crippen LogP contribution in [0, 0.1) is 5.92 Å². The predicted octanol–water partition coefficient (Wildman–Crippen LogP) is 1.88. The van der Waals surface area contributed by atoms with Crippen molar-refractivity contribution in [1.82, 2.24) is 10.2 Å². The SMILES string of the molecule is CCCNC(COC)CN(CC1CC1)C1CC1. The molecule has 0 radical (unpaired) electrons. The van der Waals surface area contributed by atoms with E-state index in [1.165, 1.54) is 45.2 Å². The minimum absolute atomic E-state index is 0.513. The summed E-state index contributed by atoms with van der Waals surface area (Å²) in [5.74, 6) is 1.00. The molecule has 2 aliphatic carbocycles.